The molecule has 0 amide bonds. The average molecular weight is 245 g/mol. The number of pyridine rings is 1. The molecule has 2 aromatic rings. The normalized spacial score (nSPS) is 12.1. The zero-order chi connectivity index (χ0) is 12.8. The van der Waals surface area contributed by atoms with E-state index in [2.05, 4.69) is 29.5 Å². The number of nitrogens with zero attached hydrogens (tertiary/aromatic N) is 1. The third kappa shape index (κ3) is 3.26. The minimum Gasteiger partial charge on any atom is -0.467 e. The van der Waals surface area contributed by atoms with E-state index in [9.17, 15) is 0 Å². The number of aromatic nitrogens is 1. The van der Waals surface area contributed by atoms with Crippen molar-refractivity contribution in [3.05, 3.63) is 42.5 Å². The Labute approximate surface area is 107 Å². The van der Waals surface area contributed by atoms with Crippen molar-refractivity contribution in [2.24, 2.45) is 0 Å². The molecule has 0 radical (unpaired) electrons. The van der Waals surface area contributed by atoms with Crippen LogP contribution in [0.4, 0.5) is 11.5 Å². The lowest BCUT2D eigenvalue weighted by Crippen LogP contribution is -2.07. The predicted molar refractivity (Wildman–Crippen MR) is 73.8 cm³/mol. The Hall–Kier alpha value is -1.97. The van der Waals surface area contributed by atoms with Gasteiger partial charge in [-0.15, -0.1) is 0 Å². The van der Waals surface area contributed by atoms with E-state index in [1.165, 1.54) is 0 Å². The van der Waals surface area contributed by atoms with Gasteiger partial charge < -0.3 is 15.1 Å². The van der Waals surface area contributed by atoms with E-state index < -0.39 is 0 Å². The van der Waals surface area contributed by atoms with E-state index in [1.54, 1.807) is 12.5 Å². The van der Waals surface area contributed by atoms with Crippen LogP contribution in [0.15, 0.2) is 41.1 Å². The summed E-state index contributed by atoms with van der Waals surface area (Å²) in [5, 5.41) is 6.66. The number of anilines is 2. The van der Waals surface area contributed by atoms with Gasteiger partial charge in [-0.1, -0.05) is 6.92 Å². The van der Waals surface area contributed by atoms with Crippen molar-refractivity contribution < 1.29 is 4.42 Å². The monoisotopic (exact) mass is 245 g/mol. The fourth-order valence-electron chi connectivity index (χ4n) is 1.73. The van der Waals surface area contributed by atoms with Crippen molar-refractivity contribution in [2.45, 2.75) is 26.3 Å². The van der Waals surface area contributed by atoms with Crippen molar-refractivity contribution in [3.8, 4) is 0 Å². The smallest absolute Gasteiger partial charge is 0.127 e. The van der Waals surface area contributed by atoms with Crippen LogP contribution in [0.1, 0.15) is 32.1 Å². The first-order valence-corrected chi connectivity index (χ1v) is 6.29. The minimum atomic E-state index is 0.140. The molecule has 0 aliphatic carbocycles. The Bertz CT molecular complexity index is 468. The molecule has 0 bridgehead atoms. The molecule has 96 valence electrons. The van der Waals surface area contributed by atoms with Crippen LogP contribution in [-0.2, 0) is 0 Å². The Morgan fingerprint density at radius 2 is 2.28 bits per heavy atom. The standard InChI is InChI=1S/C14H19N3O/c1-3-7-15-14-10-12(6-8-16-14)17-11(2)13-5-4-9-18-13/h4-6,8-11H,3,7H2,1-2H3,(H2,15,16,17). The number of hydrogen-bond donors (Lipinski definition) is 2. The predicted octanol–water partition coefficient (Wildman–Crippen LogP) is 3.67. The molecule has 18 heavy (non-hydrogen) atoms. The number of furan rings is 1. The Balaban J connectivity index is 2.00. The molecule has 2 heterocycles. The highest BCUT2D eigenvalue weighted by atomic mass is 16.3. The molecular weight excluding hydrogens is 226 g/mol. The van der Waals surface area contributed by atoms with Crippen molar-refractivity contribution >= 4 is 11.5 Å². The molecule has 0 saturated carbocycles. The van der Waals surface area contributed by atoms with E-state index >= 15 is 0 Å². The maximum Gasteiger partial charge on any atom is 0.127 e. The van der Waals surface area contributed by atoms with E-state index in [0.29, 0.717) is 0 Å². The molecule has 0 aromatic carbocycles. The fraction of sp³-hybridized carbons (Fsp3) is 0.357. The van der Waals surface area contributed by atoms with Crippen molar-refractivity contribution in [3.63, 3.8) is 0 Å². The van der Waals surface area contributed by atoms with Gasteiger partial charge in [-0.2, -0.15) is 0 Å². The van der Waals surface area contributed by atoms with Gasteiger partial charge in [-0.3, -0.25) is 0 Å². The summed E-state index contributed by atoms with van der Waals surface area (Å²) in [4.78, 5) is 4.27. The first-order valence-electron chi connectivity index (χ1n) is 6.29. The Kier molecular flexibility index (Phi) is 4.23. The first-order chi connectivity index (χ1) is 8.79. The molecule has 0 saturated heterocycles. The van der Waals surface area contributed by atoms with Crippen molar-refractivity contribution in [1.82, 2.24) is 4.98 Å². The quantitative estimate of drug-likeness (QED) is 0.815. The largest absolute Gasteiger partial charge is 0.467 e. The van der Waals surface area contributed by atoms with Crippen LogP contribution in [0.5, 0.6) is 0 Å². The van der Waals surface area contributed by atoms with Gasteiger partial charge in [-0.05, 0) is 31.5 Å². The fourth-order valence-corrected chi connectivity index (χ4v) is 1.73. The lowest BCUT2D eigenvalue weighted by molar-refractivity contribution is 0.490. The average Bonchev–Trinajstić information content (AvgIpc) is 2.91. The molecule has 0 fully saturated rings. The summed E-state index contributed by atoms with van der Waals surface area (Å²) >= 11 is 0. The van der Waals surface area contributed by atoms with Gasteiger partial charge in [0.15, 0.2) is 0 Å². The zero-order valence-electron chi connectivity index (χ0n) is 10.8. The van der Waals surface area contributed by atoms with Gasteiger partial charge in [0.1, 0.15) is 11.6 Å². The molecule has 1 unspecified atom stereocenters. The summed E-state index contributed by atoms with van der Waals surface area (Å²) in [7, 11) is 0. The number of rotatable bonds is 6. The maximum atomic E-state index is 5.37. The molecule has 2 N–H and O–H groups in total. The second-order valence-corrected chi connectivity index (χ2v) is 4.24. The van der Waals surface area contributed by atoms with Crippen LogP contribution in [0.2, 0.25) is 0 Å². The topological polar surface area (TPSA) is 50.1 Å². The van der Waals surface area contributed by atoms with Crippen LogP contribution in [-0.4, -0.2) is 11.5 Å². The van der Waals surface area contributed by atoms with Crippen molar-refractivity contribution in [1.29, 1.82) is 0 Å². The summed E-state index contributed by atoms with van der Waals surface area (Å²) in [6, 6.07) is 7.97. The summed E-state index contributed by atoms with van der Waals surface area (Å²) in [5.74, 6) is 1.82. The summed E-state index contributed by atoms with van der Waals surface area (Å²) in [6.45, 7) is 5.14. The summed E-state index contributed by atoms with van der Waals surface area (Å²) < 4.78 is 5.37. The van der Waals surface area contributed by atoms with Gasteiger partial charge in [0, 0.05) is 24.5 Å². The third-order valence-electron chi connectivity index (χ3n) is 2.67. The van der Waals surface area contributed by atoms with E-state index in [1.807, 2.05) is 24.3 Å². The zero-order valence-corrected chi connectivity index (χ0v) is 10.8. The van der Waals surface area contributed by atoms with Crippen LogP contribution < -0.4 is 10.6 Å². The highest BCUT2D eigenvalue weighted by Gasteiger charge is 2.07. The second kappa shape index (κ2) is 6.10. The third-order valence-corrected chi connectivity index (χ3v) is 2.67. The summed E-state index contributed by atoms with van der Waals surface area (Å²) in [5.41, 5.74) is 1.03. The van der Waals surface area contributed by atoms with E-state index in [0.717, 1.165) is 30.2 Å². The molecule has 1 atom stereocenters. The Morgan fingerprint density at radius 1 is 1.39 bits per heavy atom. The van der Waals surface area contributed by atoms with Crippen LogP contribution in [0.25, 0.3) is 0 Å². The highest BCUT2D eigenvalue weighted by Crippen LogP contribution is 2.20. The van der Waals surface area contributed by atoms with E-state index in [4.69, 9.17) is 4.42 Å². The van der Waals surface area contributed by atoms with Crippen LogP contribution in [0, 0.1) is 0 Å². The molecule has 2 rings (SSSR count). The van der Waals surface area contributed by atoms with Gasteiger partial charge in [0.2, 0.25) is 0 Å². The Morgan fingerprint density at radius 3 is 3.00 bits per heavy atom. The molecule has 0 aliphatic heterocycles. The lowest BCUT2D eigenvalue weighted by Gasteiger charge is -2.13. The lowest BCUT2D eigenvalue weighted by atomic mass is 10.2. The molecule has 0 spiro atoms. The first kappa shape index (κ1) is 12.5. The van der Waals surface area contributed by atoms with Gasteiger partial charge >= 0.3 is 0 Å². The van der Waals surface area contributed by atoms with E-state index in [-0.39, 0.29) is 6.04 Å². The minimum absolute atomic E-state index is 0.140. The maximum absolute atomic E-state index is 5.37. The molecule has 4 heteroatoms. The van der Waals surface area contributed by atoms with Gasteiger partial charge in [-0.25, -0.2) is 4.98 Å². The SMILES string of the molecule is CCCNc1cc(NC(C)c2ccco2)ccn1. The van der Waals surface area contributed by atoms with Crippen LogP contribution >= 0.6 is 0 Å². The molecule has 4 nitrogen and oxygen atoms in total. The molecular formula is C14H19N3O. The van der Waals surface area contributed by atoms with Crippen molar-refractivity contribution in [2.75, 3.05) is 17.2 Å². The number of nitrogens with one attached hydrogen (secondary N) is 2. The summed E-state index contributed by atoms with van der Waals surface area (Å²) in [6.07, 6.45) is 4.58. The molecule has 0 aliphatic rings. The van der Waals surface area contributed by atoms with Crippen LogP contribution in [0.3, 0.4) is 0 Å². The van der Waals surface area contributed by atoms with Gasteiger partial charge in [0.05, 0.1) is 12.3 Å². The number of hydrogen-bond acceptors (Lipinski definition) is 4. The molecule has 2 aromatic heterocycles. The van der Waals surface area contributed by atoms with Gasteiger partial charge in [0.25, 0.3) is 0 Å². The highest BCUT2D eigenvalue weighted by molar-refractivity contribution is 5.52. The second-order valence-electron chi connectivity index (χ2n) is 4.24.